The van der Waals surface area contributed by atoms with Crippen molar-refractivity contribution in [3.63, 3.8) is 0 Å². The predicted molar refractivity (Wildman–Crippen MR) is 116 cm³/mol. The van der Waals surface area contributed by atoms with Crippen molar-refractivity contribution in [2.45, 2.75) is 19.4 Å². The number of hydrogen-bond donors (Lipinski definition) is 1. The minimum absolute atomic E-state index is 0.0103. The number of aromatic nitrogens is 2. The summed E-state index contributed by atoms with van der Waals surface area (Å²) in [5.41, 5.74) is 1.55. The molecule has 1 N–H and O–H groups in total. The number of piperidine rings is 1. The second-order valence-electron chi connectivity index (χ2n) is 7.06. The Kier molecular flexibility index (Phi) is 6.28. The molecule has 1 unspecified atom stereocenters. The molecule has 2 aromatic carbocycles. The van der Waals surface area contributed by atoms with Crippen LogP contribution in [0, 0.1) is 5.92 Å². The first-order valence-electron chi connectivity index (χ1n) is 9.45. The Bertz CT molecular complexity index is 992. The summed E-state index contributed by atoms with van der Waals surface area (Å²) in [5.74, 6) is 1.00. The minimum Gasteiger partial charge on any atom is -0.338 e. The third-order valence-electron chi connectivity index (χ3n) is 4.94. The zero-order chi connectivity index (χ0) is 20.2. The third kappa shape index (κ3) is 5.04. The van der Waals surface area contributed by atoms with Crippen LogP contribution in [-0.4, -0.2) is 34.0 Å². The van der Waals surface area contributed by atoms with Gasteiger partial charge in [0.2, 0.25) is 17.6 Å². The van der Waals surface area contributed by atoms with Crippen molar-refractivity contribution in [1.82, 2.24) is 15.0 Å². The van der Waals surface area contributed by atoms with Gasteiger partial charge in [0.05, 0.1) is 23.2 Å². The number of para-hydroxylation sites is 1. The molecule has 4 rings (SSSR count). The van der Waals surface area contributed by atoms with Crippen LogP contribution in [0.3, 0.4) is 0 Å². The number of nitrogens with zero attached hydrogens (tertiary/aromatic N) is 3. The smallest absolute Gasteiger partial charge is 0.241 e. The maximum Gasteiger partial charge on any atom is 0.241 e. The van der Waals surface area contributed by atoms with E-state index in [0.717, 1.165) is 29.4 Å². The Morgan fingerprint density at radius 1 is 1.24 bits per heavy atom. The van der Waals surface area contributed by atoms with E-state index in [-0.39, 0.29) is 11.8 Å². The monoisotopic (exact) mass is 474 g/mol. The average molecular weight is 476 g/mol. The highest BCUT2D eigenvalue weighted by Crippen LogP contribution is 2.25. The van der Waals surface area contributed by atoms with Gasteiger partial charge in [0.15, 0.2) is 0 Å². The fraction of sp³-hybridized carbons (Fsp3) is 0.286. The highest BCUT2D eigenvalue weighted by atomic mass is 79.9. The molecule has 150 valence electrons. The van der Waals surface area contributed by atoms with Crippen molar-refractivity contribution in [3.8, 4) is 11.4 Å². The quantitative estimate of drug-likeness (QED) is 0.562. The van der Waals surface area contributed by atoms with Gasteiger partial charge in [-0.2, -0.15) is 4.98 Å². The molecular weight excluding hydrogens is 456 g/mol. The van der Waals surface area contributed by atoms with E-state index in [0.29, 0.717) is 35.5 Å². The summed E-state index contributed by atoms with van der Waals surface area (Å²) >= 11 is 9.57. The summed E-state index contributed by atoms with van der Waals surface area (Å²) in [6.07, 6.45) is 1.79. The van der Waals surface area contributed by atoms with Crippen molar-refractivity contribution >= 4 is 39.1 Å². The van der Waals surface area contributed by atoms with Crippen LogP contribution in [0.5, 0.6) is 0 Å². The zero-order valence-electron chi connectivity index (χ0n) is 15.6. The Labute approximate surface area is 182 Å². The summed E-state index contributed by atoms with van der Waals surface area (Å²) in [6.45, 7) is 2.07. The van der Waals surface area contributed by atoms with Crippen LogP contribution in [0.25, 0.3) is 11.4 Å². The summed E-state index contributed by atoms with van der Waals surface area (Å²) in [6, 6.07) is 15.0. The number of likely N-dealkylation sites (tertiary alicyclic amines) is 1. The molecule has 0 spiro atoms. The average Bonchev–Trinajstić information content (AvgIpc) is 3.19. The summed E-state index contributed by atoms with van der Waals surface area (Å²) in [4.78, 5) is 19.4. The number of hydrogen-bond acceptors (Lipinski definition) is 5. The molecule has 1 amide bonds. The van der Waals surface area contributed by atoms with Crippen molar-refractivity contribution in [2.75, 3.05) is 18.4 Å². The Morgan fingerprint density at radius 3 is 2.83 bits per heavy atom. The van der Waals surface area contributed by atoms with Crippen molar-refractivity contribution in [1.29, 1.82) is 0 Å². The number of carbonyl (C=O) groups excluding carboxylic acids is 1. The topological polar surface area (TPSA) is 71.3 Å². The van der Waals surface area contributed by atoms with Crippen molar-refractivity contribution < 1.29 is 9.32 Å². The molecule has 1 aliphatic heterocycles. The molecule has 0 bridgehead atoms. The second-order valence-corrected chi connectivity index (χ2v) is 8.38. The fourth-order valence-corrected chi connectivity index (χ4v) is 3.88. The molecule has 3 aromatic rings. The first-order valence-corrected chi connectivity index (χ1v) is 10.6. The van der Waals surface area contributed by atoms with Crippen LogP contribution in [0.15, 0.2) is 57.5 Å². The molecule has 1 aliphatic rings. The molecule has 1 saturated heterocycles. The molecule has 0 saturated carbocycles. The second kappa shape index (κ2) is 9.07. The maximum atomic E-state index is 12.7. The lowest BCUT2D eigenvalue weighted by Gasteiger charge is -2.30. The van der Waals surface area contributed by atoms with Crippen LogP contribution in [0.4, 0.5) is 5.69 Å². The molecule has 0 radical (unpaired) electrons. The molecular formula is C21H20BrClN4O2. The first-order chi connectivity index (χ1) is 14.1. The van der Waals surface area contributed by atoms with E-state index < -0.39 is 0 Å². The highest BCUT2D eigenvalue weighted by molar-refractivity contribution is 9.10. The van der Waals surface area contributed by atoms with Gasteiger partial charge in [-0.15, -0.1) is 0 Å². The largest absolute Gasteiger partial charge is 0.338 e. The van der Waals surface area contributed by atoms with Gasteiger partial charge in [-0.3, -0.25) is 9.69 Å². The van der Waals surface area contributed by atoms with E-state index in [1.165, 1.54) is 0 Å². The van der Waals surface area contributed by atoms with E-state index in [1.807, 2.05) is 42.5 Å². The Hall–Kier alpha value is -2.22. The van der Waals surface area contributed by atoms with Gasteiger partial charge in [0.1, 0.15) is 0 Å². The number of rotatable bonds is 5. The lowest BCUT2D eigenvalue weighted by Crippen LogP contribution is -2.40. The van der Waals surface area contributed by atoms with Gasteiger partial charge in [0, 0.05) is 16.6 Å². The van der Waals surface area contributed by atoms with E-state index >= 15 is 0 Å². The lowest BCUT2D eigenvalue weighted by atomic mass is 9.97. The number of carbonyl (C=O) groups is 1. The third-order valence-corrected chi connectivity index (χ3v) is 5.80. The molecule has 0 aliphatic carbocycles. The number of nitrogens with one attached hydrogen (secondary N) is 1. The van der Waals surface area contributed by atoms with E-state index in [9.17, 15) is 4.79 Å². The summed E-state index contributed by atoms with van der Waals surface area (Å²) < 4.78 is 6.43. The SMILES string of the molecule is O=C(Nc1ccccc1Cl)C1CCCN(Cc2nc(-c3ccc(Br)cc3)no2)C1. The van der Waals surface area contributed by atoms with Gasteiger partial charge < -0.3 is 9.84 Å². The van der Waals surface area contributed by atoms with E-state index in [2.05, 4.69) is 36.3 Å². The van der Waals surface area contributed by atoms with Crippen molar-refractivity contribution in [3.05, 3.63) is 63.9 Å². The van der Waals surface area contributed by atoms with Gasteiger partial charge >= 0.3 is 0 Å². The molecule has 2 heterocycles. The van der Waals surface area contributed by atoms with Gasteiger partial charge in [-0.05, 0) is 55.8 Å². The number of benzene rings is 2. The normalized spacial score (nSPS) is 17.2. The summed E-state index contributed by atoms with van der Waals surface area (Å²) in [5, 5.41) is 7.56. The van der Waals surface area contributed by atoms with Crippen LogP contribution in [0.1, 0.15) is 18.7 Å². The molecule has 1 fully saturated rings. The van der Waals surface area contributed by atoms with Crippen molar-refractivity contribution in [2.24, 2.45) is 5.92 Å². The number of halogens is 2. The summed E-state index contributed by atoms with van der Waals surface area (Å²) in [7, 11) is 0. The number of anilines is 1. The first kappa shape index (κ1) is 20.1. The molecule has 8 heteroatoms. The van der Waals surface area contributed by atoms with E-state index in [1.54, 1.807) is 6.07 Å². The zero-order valence-corrected chi connectivity index (χ0v) is 18.0. The number of amides is 1. The Balaban J connectivity index is 1.37. The van der Waals surface area contributed by atoms with Crippen LogP contribution >= 0.6 is 27.5 Å². The Morgan fingerprint density at radius 2 is 2.03 bits per heavy atom. The molecule has 1 aromatic heterocycles. The van der Waals surface area contributed by atoms with Gasteiger partial charge in [-0.1, -0.05) is 44.8 Å². The van der Waals surface area contributed by atoms with Gasteiger partial charge in [0.25, 0.3) is 0 Å². The standard InChI is InChI=1S/C21H20BrClN4O2/c22-16-9-7-14(8-10-16)20-25-19(29-26-20)13-27-11-3-4-15(12-27)21(28)24-18-6-2-1-5-17(18)23/h1-2,5-10,15H,3-4,11-13H2,(H,24,28). The fourth-order valence-electron chi connectivity index (χ4n) is 3.44. The van der Waals surface area contributed by atoms with Gasteiger partial charge in [-0.25, -0.2) is 0 Å². The molecule has 1 atom stereocenters. The predicted octanol–water partition coefficient (Wildman–Crippen LogP) is 5.00. The minimum atomic E-state index is -0.103. The maximum absolute atomic E-state index is 12.7. The lowest BCUT2D eigenvalue weighted by molar-refractivity contribution is -0.121. The van der Waals surface area contributed by atoms with Crippen LogP contribution < -0.4 is 5.32 Å². The van der Waals surface area contributed by atoms with E-state index in [4.69, 9.17) is 16.1 Å². The molecule has 29 heavy (non-hydrogen) atoms. The molecule has 6 nitrogen and oxygen atoms in total. The van der Waals surface area contributed by atoms with Crippen LogP contribution in [0.2, 0.25) is 5.02 Å². The highest BCUT2D eigenvalue weighted by Gasteiger charge is 2.27. The van der Waals surface area contributed by atoms with Crippen LogP contribution in [-0.2, 0) is 11.3 Å².